The van der Waals surface area contributed by atoms with Crippen LogP contribution in [0.1, 0.15) is 116 Å². The lowest BCUT2D eigenvalue weighted by Crippen LogP contribution is -2.35. The zero-order valence-electron chi connectivity index (χ0n) is 32.1. The zero-order chi connectivity index (χ0) is 37.3. The Morgan fingerprint density at radius 2 is 1.04 bits per heavy atom. The van der Waals surface area contributed by atoms with Crippen molar-refractivity contribution in [1.82, 2.24) is 0 Å². The van der Waals surface area contributed by atoms with E-state index in [0.717, 1.165) is 30.8 Å². The van der Waals surface area contributed by atoms with Gasteiger partial charge in [0, 0.05) is 20.7 Å². The van der Waals surface area contributed by atoms with Gasteiger partial charge in [-0.2, -0.15) is 0 Å². The van der Waals surface area contributed by atoms with Gasteiger partial charge in [0.15, 0.2) is 0 Å². The van der Waals surface area contributed by atoms with Crippen LogP contribution in [0.2, 0.25) is 0 Å². The summed E-state index contributed by atoms with van der Waals surface area (Å²) in [6.07, 6.45) is 9.59. The molecule has 0 spiro atoms. The highest BCUT2D eigenvalue weighted by molar-refractivity contribution is 5.69. The van der Waals surface area contributed by atoms with Crippen LogP contribution < -0.4 is 18.9 Å². The average Bonchev–Trinajstić information content (AvgIpc) is 3.15. The first kappa shape index (κ1) is 38.6. The first-order chi connectivity index (χ1) is 25.0. The van der Waals surface area contributed by atoms with E-state index in [1.54, 1.807) is 14.2 Å². The van der Waals surface area contributed by atoms with Crippen LogP contribution >= 0.6 is 0 Å². The number of ether oxygens (including phenoxy) is 4. The number of hydrogen-bond donors (Lipinski definition) is 0. The third kappa shape index (κ3) is 9.25. The summed E-state index contributed by atoms with van der Waals surface area (Å²) in [6.45, 7) is 9.92. The minimum Gasteiger partial charge on any atom is -0.497 e. The van der Waals surface area contributed by atoms with Crippen LogP contribution in [0.15, 0.2) is 97.1 Å². The Morgan fingerprint density at radius 1 is 0.615 bits per heavy atom. The topological polar surface area (TPSA) is 71.1 Å². The number of methoxy groups -OCH3 is 2. The highest BCUT2D eigenvalue weighted by atomic mass is 16.5. The van der Waals surface area contributed by atoms with E-state index in [4.69, 9.17) is 18.9 Å². The molecule has 2 saturated carbocycles. The quantitative estimate of drug-likeness (QED) is 0.127. The van der Waals surface area contributed by atoms with E-state index in [1.807, 2.05) is 36.4 Å². The van der Waals surface area contributed by atoms with Gasteiger partial charge in [-0.05, 0) is 126 Å². The first-order valence-corrected chi connectivity index (χ1v) is 18.8. The molecule has 2 fully saturated rings. The molecular weight excluding hydrogens is 649 g/mol. The van der Waals surface area contributed by atoms with E-state index in [0.29, 0.717) is 29.3 Å². The van der Waals surface area contributed by atoms with Crippen molar-refractivity contribution in [3.8, 4) is 23.0 Å². The van der Waals surface area contributed by atoms with Crippen molar-refractivity contribution in [3.63, 3.8) is 0 Å². The normalized spacial score (nSPS) is 20.9. The lowest BCUT2D eigenvalue weighted by molar-refractivity contribution is -0.132. The predicted molar refractivity (Wildman–Crippen MR) is 210 cm³/mol. The summed E-state index contributed by atoms with van der Waals surface area (Å²) >= 11 is 0. The molecule has 0 heterocycles. The van der Waals surface area contributed by atoms with Crippen LogP contribution in [-0.4, -0.2) is 26.2 Å². The molecule has 6 nitrogen and oxygen atoms in total. The van der Waals surface area contributed by atoms with E-state index >= 15 is 0 Å². The van der Waals surface area contributed by atoms with Gasteiger partial charge < -0.3 is 18.9 Å². The number of benzene rings is 4. The van der Waals surface area contributed by atoms with Crippen molar-refractivity contribution in [2.24, 2.45) is 11.8 Å². The minimum atomic E-state index is -0.287. The number of esters is 2. The minimum absolute atomic E-state index is 0. The summed E-state index contributed by atoms with van der Waals surface area (Å²) in [5, 5.41) is 0. The molecule has 4 aromatic rings. The molecule has 0 N–H and O–H groups in total. The van der Waals surface area contributed by atoms with Gasteiger partial charge in [-0.15, -0.1) is 0 Å². The van der Waals surface area contributed by atoms with E-state index < -0.39 is 0 Å². The highest BCUT2D eigenvalue weighted by Gasteiger charge is 2.40. The van der Waals surface area contributed by atoms with Gasteiger partial charge in [0.05, 0.1) is 14.2 Å². The van der Waals surface area contributed by atoms with E-state index in [-0.39, 0.29) is 24.2 Å². The van der Waals surface area contributed by atoms with Crippen molar-refractivity contribution >= 4 is 11.9 Å². The summed E-state index contributed by atoms with van der Waals surface area (Å²) < 4.78 is 21.0. The lowest BCUT2D eigenvalue weighted by atomic mass is 9.59. The number of rotatable bonds is 9. The maximum absolute atomic E-state index is 11.2. The van der Waals surface area contributed by atoms with Crippen LogP contribution in [0, 0.1) is 11.8 Å². The summed E-state index contributed by atoms with van der Waals surface area (Å²) in [4.78, 5) is 22.3. The molecule has 52 heavy (non-hydrogen) atoms. The maximum Gasteiger partial charge on any atom is 0.308 e. The standard InChI is InChI=1S/C25H32O3.C21H24O3.H2/c1-17(2)23-14-15-25(4,20-8-12-21(27-5)13-9-20)16-24(23)19-6-10-22(11-7-19)28-18(3)26;1-16(22)24-20-12-8-18(9-13-20)21(14-4-3-5-15-21)17-6-10-19(23-2)11-7-17;/h6-13,17,23-24H,14-16H2,1-5H3;6-13H,3-5,14-15H2,1-2H3;1H. The summed E-state index contributed by atoms with van der Waals surface area (Å²) in [5.41, 5.74) is 5.55. The molecule has 2 aliphatic carbocycles. The van der Waals surface area contributed by atoms with Crippen LogP contribution in [0.4, 0.5) is 0 Å². The molecule has 0 radical (unpaired) electrons. The maximum atomic E-state index is 11.2. The van der Waals surface area contributed by atoms with E-state index in [1.165, 1.54) is 68.2 Å². The average molecular weight is 707 g/mol. The van der Waals surface area contributed by atoms with Crippen LogP contribution in [0.5, 0.6) is 23.0 Å². The fourth-order valence-electron chi connectivity index (χ4n) is 8.61. The van der Waals surface area contributed by atoms with Crippen molar-refractivity contribution in [1.29, 1.82) is 0 Å². The molecule has 3 unspecified atom stereocenters. The molecule has 0 bridgehead atoms. The fourth-order valence-corrected chi connectivity index (χ4v) is 8.61. The van der Waals surface area contributed by atoms with Gasteiger partial charge in [0.1, 0.15) is 23.0 Å². The van der Waals surface area contributed by atoms with E-state index in [2.05, 4.69) is 81.4 Å². The van der Waals surface area contributed by atoms with Gasteiger partial charge >= 0.3 is 11.9 Å². The third-order valence-corrected chi connectivity index (χ3v) is 11.4. The molecule has 0 aliphatic heterocycles. The fraction of sp³-hybridized carbons (Fsp3) is 0.435. The second-order valence-corrected chi connectivity index (χ2v) is 15.2. The Bertz CT molecular complexity index is 1740. The molecule has 0 saturated heterocycles. The zero-order valence-corrected chi connectivity index (χ0v) is 32.1. The molecule has 6 heteroatoms. The molecule has 6 rings (SSSR count). The molecule has 3 atom stereocenters. The smallest absolute Gasteiger partial charge is 0.308 e. The Labute approximate surface area is 312 Å². The van der Waals surface area contributed by atoms with Crippen LogP contribution in [-0.2, 0) is 20.4 Å². The lowest BCUT2D eigenvalue weighted by Gasteiger charge is -2.45. The molecule has 278 valence electrons. The molecule has 4 aromatic carbocycles. The largest absolute Gasteiger partial charge is 0.497 e. The van der Waals surface area contributed by atoms with Gasteiger partial charge in [0.25, 0.3) is 0 Å². The number of carbonyl (C=O) groups excluding carboxylic acids is 2. The summed E-state index contributed by atoms with van der Waals surface area (Å²) in [6, 6.07) is 33.2. The van der Waals surface area contributed by atoms with Crippen molar-refractivity contribution in [3.05, 3.63) is 119 Å². The molecule has 0 aromatic heterocycles. The monoisotopic (exact) mass is 706 g/mol. The van der Waals surface area contributed by atoms with Gasteiger partial charge in [-0.3, -0.25) is 9.59 Å². The Balaban J connectivity index is 0.000000235. The molecule has 2 aliphatic rings. The molecular formula is C46H58O6. The van der Waals surface area contributed by atoms with Gasteiger partial charge in [-0.1, -0.05) is 88.6 Å². The first-order valence-electron chi connectivity index (χ1n) is 18.8. The highest BCUT2D eigenvalue weighted by Crippen LogP contribution is 2.51. The second-order valence-electron chi connectivity index (χ2n) is 15.2. The van der Waals surface area contributed by atoms with Crippen molar-refractivity contribution in [2.75, 3.05) is 14.2 Å². The number of hydrogen-bond acceptors (Lipinski definition) is 6. The Morgan fingerprint density at radius 3 is 1.46 bits per heavy atom. The van der Waals surface area contributed by atoms with Crippen LogP contribution in [0.3, 0.4) is 0 Å². The van der Waals surface area contributed by atoms with Crippen LogP contribution in [0.25, 0.3) is 0 Å². The third-order valence-electron chi connectivity index (χ3n) is 11.4. The van der Waals surface area contributed by atoms with Crippen molar-refractivity contribution < 1.29 is 30.0 Å². The van der Waals surface area contributed by atoms with Crippen molar-refractivity contribution in [2.45, 2.75) is 103 Å². The molecule has 0 amide bonds. The summed E-state index contributed by atoms with van der Waals surface area (Å²) in [7, 11) is 3.40. The SMILES string of the molecule is COc1ccc(C2(C)CCC(C(C)C)C(c3ccc(OC(C)=O)cc3)C2)cc1.COc1ccc(C2(c3ccc(OC(C)=O)cc3)CCCCC2)cc1.[HH]. The Kier molecular flexibility index (Phi) is 12.9. The predicted octanol–water partition coefficient (Wildman–Crippen LogP) is 11.2. The number of carbonyl (C=O) groups is 2. The summed E-state index contributed by atoms with van der Waals surface area (Å²) in [5.74, 6) is 4.23. The second kappa shape index (κ2) is 17.3. The van der Waals surface area contributed by atoms with Gasteiger partial charge in [-0.25, -0.2) is 0 Å². The van der Waals surface area contributed by atoms with E-state index in [9.17, 15) is 9.59 Å². The Hall–Kier alpha value is -4.58. The van der Waals surface area contributed by atoms with Gasteiger partial charge in [0.2, 0.25) is 0 Å².